The van der Waals surface area contributed by atoms with E-state index in [1.807, 2.05) is 0 Å². The molecule has 0 saturated carbocycles. The molecule has 4 nitrogen and oxygen atoms in total. The summed E-state index contributed by atoms with van der Waals surface area (Å²) in [7, 11) is 0. The number of carboxylic acid groups (broad SMARTS) is 1. The van der Waals surface area contributed by atoms with Crippen LogP contribution in [-0.4, -0.2) is 16.1 Å². The number of thiophene rings is 1. The number of carboxylic acids is 1. The Labute approximate surface area is 145 Å². The zero-order valence-electron chi connectivity index (χ0n) is 11.7. The van der Waals surface area contributed by atoms with Gasteiger partial charge in [0, 0.05) is 15.4 Å². The number of alkyl halides is 3. The van der Waals surface area contributed by atoms with Crippen molar-refractivity contribution in [1.82, 2.24) is 4.98 Å². The molecule has 1 aromatic carbocycles. The van der Waals surface area contributed by atoms with Gasteiger partial charge >= 0.3 is 12.1 Å². The molecule has 3 N–H and O–H groups in total. The van der Waals surface area contributed by atoms with Crippen LogP contribution < -0.4 is 5.73 Å². The molecule has 0 saturated heterocycles. The van der Waals surface area contributed by atoms with E-state index in [0.29, 0.717) is 16.9 Å². The lowest BCUT2D eigenvalue weighted by Gasteiger charge is -2.11. The van der Waals surface area contributed by atoms with E-state index in [0.717, 1.165) is 10.5 Å². The van der Waals surface area contributed by atoms with E-state index in [2.05, 4.69) is 20.9 Å². The monoisotopic (exact) mass is 416 g/mol. The van der Waals surface area contributed by atoms with Crippen LogP contribution in [0, 0.1) is 0 Å². The largest absolute Gasteiger partial charge is 0.477 e. The zero-order valence-corrected chi connectivity index (χ0v) is 14.1. The lowest BCUT2D eigenvalue weighted by atomic mass is 10.1. The number of anilines is 1. The van der Waals surface area contributed by atoms with Gasteiger partial charge in [-0.2, -0.15) is 13.2 Å². The number of pyridine rings is 1. The van der Waals surface area contributed by atoms with E-state index in [4.69, 9.17) is 10.8 Å². The predicted molar refractivity (Wildman–Crippen MR) is 89.1 cm³/mol. The summed E-state index contributed by atoms with van der Waals surface area (Å²) in [6, 6.07) is 7.49. The predicted octanol–water partition coefficient (Wildman–Crippen LogP) is 5.03. The molecule has 0 unspecified atom stereocenters. The van der Waals surface area contributed by atoms with Crippen molar-refractivity contribution >= 4 is 49.1 Å². The van der Waals surface area contributed by atoms with Crippen molar-refractivity contribution in [3.8, 4) is 11.3 Å². The van der Waals surface area contributed by atoms with Crippen LogP contribution in [0.25, 0.3) is 21.5 Å². The summed E-state index contributed by atoms with van der Waals surface area (Å²) >= 11 is 3.88. The van der Waals surface area contributed by atoms with Crippen molar-refractivity contribution in [3.05, 3.63) is 45.2 Å². The van der Waals surface area contributed by atoms with Gasteiger partial charge in [0.25, 0.3) is 0 Å². The minimum absolute atomic E-state index is 0.0577. The van der Waals surface area contributed by atoms with Crippen LogP contribution in [0.2, 0.25) is 0 Å². The van der Waals surface area contributed by atoms with Gasteiger partial charge in [0.15, 0.2) is 0 Å². The molecule has 24 heavy (non-hydrogen) atoms. The average molecular weight is 417 g/mol. The van der Waals surface area contributed by atoms with Gasteiger partial charge in [0.05, 0.1) is 16.9 Å². The molecular formula is C15H8BrF3N2O2S. The number of nitrogens with two attached hydrogens (primary N) is 1. The molecule has 124 valence electrons. The first-order valence-electron chi connectivity index (χ1n) is 6.48. The number of halogens is 4. The highest BCUT2D eigenvalue weighted by Crippen LogP contribution is 2.43. The molecular weight excluding hydrogens is 409 g/mol. The number of aromatic nitrogens is 1. The van der Waals surface area contributed by atoms with Gasteiger partial charge in [-0.05, 0) is 18.2 Å². The maximum absolute atomic E-state index is 13.4. The fourth-order valence-corrected chi connectivity index (χ4v) is 3.49. The van der Waals surface area contributed by atoms with E-state index < -0.39 is 23.4 Å². The Hall–Kier alpha value is -2.13. The first kappa shape index (κ1) is 16.7. The number of aromatic carboxylic acids is 1. The summed E-state index contributed by atoms with van der Waals surface area (Å²) in [5.41, 5.74) is 4.80. The Kier molecular flexibility index (Phi) is 4.00. The third-order valence-corrected chi connectivity index (χ3v) is 4.95. The maximum atomic E-state index is 13.4. The second kappa shape index (κ2) is 5.75. The van der Waals surface area contributed by atoms with E-state index in [1.54, 1.807) is 24.3 Å². The lowest BCUT2D eigenvalue weighted by Crippen LogP contribution is -2.08. The Bertz CT molecular complexity index is 952. The fraction of sp³-hybridized carbons (Fsp3) is 0.0667. The van der Waals surface area contributed by atoms with Crippen molar-refractivity contribution in [1.29, 1.82) is 0 Å². The number of rotatable bonds is 2. The molecule has 0 bridgehead atoms. The standard InChI is InChI=1S/C15H8BrF3N2O2S/c16-7-3-1-6(2-4-7)9-5-8(15(17,18)19)10-11(20)12(14(22)23)24-13(10)21-9/h1-5H,20H2,(H,22,23). The normalized spacial score (nSPS) is 11.8. The molecule has 0 aliphatic carbocycles. The van der Waals surface area contributed by atoms with Gasteiger partial charge in [-0.15, -0.1) is 11.3 Å². The van der Waals surface area contributed by atoms with Crippen molar-refractivity contribution < 1.29 is 23.1 Å². The summed E-state index contributed by atoms with van der Waals surface area (Å²) < 4.78 is 41.1. The van der Waals surface area contributed by atoms with Crippen LogP contribution in [0.5, 0.6) is 0 Å². The number of carbonyl (C=O) groups is 1. The number of fused-ring (bicyclic) bond motifs is 1. The average Bonchev–Trinajstić information content (AvgIpc) is 2.83. The molecule has 2 aromatic heterocycles. The van der Waals surface area contributed by atoms with E-state index in [9.17, 15) is 18.0 Å². The first-order valence-corrected chi connectivity index (χ1v) is 8.09. The van der Waals surface area contributed by atoms with Gasteiger partial charge in [-0.1, -0.05) is 28.1 Å². The van der Waals surface area contributed by atoms with Crippen molar-refractivity contribution in [3.63, 3.8) is 0 Å². The Balaban J connectivity index is 2.34. The van der Waals surface area contributed by atoms with Crippen LogP contribution in [0.1, 0.15) is 15.2 Å². The molecule has 9 heteroatoms. The Morgan fingerprint density at radius 3 is 2.42 bits per heavy atom. The number of hydrogen-bond acceptors (Lipinski definition) is 4. The topological polar surface area (TPSA) is 76.2 Å². The van der Waals surface area contributed by atoms with E-state index in [-0.39, 0.29) is 20.8 Å². The summed E-state index contributed by atoms with van der Waals surface area (Å²) in [5.74, 6) is -1.38. The van der Waals surface area contributed by atoms with Crippen LogP contribution >= 0.6 is 27.3 Å². The highest BCUT2D eigenvalue weighted by atomic mass is 79.9. The van der Waals surface area contributed by atoms with Crippen molar-refractivity contribution in [2.45, 2.75) is 6.18 Å². The van der Waals surface area contributed by atoms with E-state index in [1.165, 1.54) is 0 Å². The van der Waals surface area contributed by atoms with Gasteiger partial charge in [-0.25, -0.2) is 9.78 Å². The highest BCUT2D eigenvalue weighted by Gasteiger charge is 2.36. The molecule has 0 spiro atoms. The van der Waals surface area contributed by atoms with Crippen molar-refractivity contribution in [2.75, 3.05) is 5.73 Å². The minimum Gasteiger partial charge on any atom is -0.477 e. The molecule has 0 radical (unpaired) electrons. The summed E-state index contributed by atoms with van der Waals surface area (Å²) in [6.45, 7) is 0. The summed E-state index contributed by atoms with van der Waals surface area (Å²) in [5, 5.41) is 8.72. The Morgan fingerprint density at radius 1 is 1.25 bits per heavy atom. The molecule has 0 aliphatic heterocycles. The number of nitrogen functional groups attached to an aromatic ring is 1. The van der Waals surface area contributed by atoms with Crippen LogP contribution in [0.15, 0.2) is 34.8 Å². The molecule has 0 amide bonds. The van der Waals surface area contributed by atoms with Crippen LogP contribution in [0.4, 0.5) is 18.9 Å². The Morgan fingerprint density at radius 2 is 1.88 bits per heavy atom. The number of hydrogen-bond donors (Lipinski definition) is 2. The highest BCUT2D eigenvalue weighted by molar-refractivity contribution is 9.10. The second-order valence-electron chi connectivity index (χ2n) is 4.89. The molecule has 0 aliphatic rings. The smallest absolute Gasteiger partial charge is 0.417 e. The molecule has 3 aromatic rings. The van der Waals surface area contributed by atoms with Crippen LogP contribution in [0.3, 0.4) is 0 Å². The third kappa shape index (κ3) is 2.84. The van der Waals surface area contributed by atoms with Gasteiger partial charge in [0.2, 0.25) is 0 Å². The molecule has 3 rings (SSSR count). The number of nitrogens with zero attached hydrogens (tertiary/aromatic N) is 1. The summed E-state index contributed by atoms with van der Waals surface area (Å²) in [4.78, 5) is 14.9. The van der Waals surface area contributed by atoms with Gasteiger partial charge in [0.1, 0.15) is 9.71 Å². The second-order valence-corrected chi connectivity index (χ2v) is 6.80. The fourth-order valence-electron chi connectivity index (χ4n) is 2.27. The molecule has 0 atom stereocenters. The maximum Gasteiger partial charge on any atom is 0.417 e. The SMILES string of the molecule is Nc1c(C(=O)O)sc2nc(-c3ccc(Br)cc3)cc(C(F)(F)F)c12. The van der Waals surface area contributed by atoms with Crippen molar-refractivity contribution in [2.24, 2.45) is 0 Å². The van der Waals surface area contributed by atoms with Crippen LogP contribution in [-0.2, 0) is 6.18 Å². The molecule has 0 fully saturated rings. The van der Waals surface area contributed by atoms with Gasteiger partial charge < -0.3 is 10.8 Å². The number of benzene rings is 1. The first-order chi connectivity index (χ1) is 11.2. The van der Waals surface area contributed by atoms with Gasteiger partial charge in [-0.3, -0.25) is 0 Å². The lowest BCUT2D eigenvalue weighted by molar-refractivity contribution is -0.136. The quantitative estimate of drug-likeness (QED) is 0.614. The third-order valence-electron chi connectivity index (χ3n) is 3.34. The summed E-state index contributed by atoms with van der Waals surface area (Å²) in [6.07, 6.45) is -4.68. The minimum atomic E-state index is -4.68. The zero-order chi connectivity index (χ0) is 17.6. The molecule has 2 heterocycles. The van der Waals surface area contributed by atoms with E-state index >= 15 is 0 Å².